The lowest BCUT2D eigenvalue weighted by Crippen LogP contribution is -2.68. The predicted molar refractivity (Wildman–Crippen MR) is 194 cm³/mol. The van der Waals surface area contributed by atoms with Crippen LogP contribution in [0.1, 0.15) is 55.1 Å². The van der Waals surface area contributed by atoms with Crippen LogP contribution < -0.4 is 15.4 Å². The summed E-state index contributed by atoms with van der Waals surface area (Å²) in [5.41, 5.74) is 6.34. The van der Waals surface area contributed by atoms with Crippen molar-refractivity contribution in [1.29, 1.82) is 5.26 Å². The second kappa shape index (κ2) is 13.1. The molecule has 8 rings (SSSR count). The van der Waals surface area contributed by atoms with Gasteiger partial charge in [-0.25, -0.2) is 8.78 Å². The Labute approximate surface area is 307 Å². The lowest BCUT2D eigenvalue weighted by atomic mass is 9.77. The summed E-state index contributed by atoms with van der Waals surface area (Å²) < 4.78 is 40.3. The van der Waals surface area contributed by atoms with Crippen molar-refractivity contribution in [2.75, 3.05) is 43.9 Å². The topological polar surface area (TPSA) is 139 Å². The van der Waals surface area contributed by atoms with E-state index in [0.29, 0.717) is 36.5 Å². The quantitative estimate of drug-likeness (QED) is 0.202. The molecule has 270 valence electrons. The number of anilines is 2. The normalized spacial score (nSPS) is 21.2. The number of nitrogens with zero attached hydrogens (tertiary/aromatic N) is 8. The van der Waals surface area contributed by atoms with E-state index in [1.807, 2.05) is 23.0 Å². The molecule has 12 nitrogen and oxygen atoms in total. The summed E-state index contributed by atoms with van der Waals surface area (Å²) in [5, 5.41) is 16.7. The molecule has 0 saturated carbocycles. The third kappa shape index (κ3) is 5.42. The van der Waals surface area contributed by atoms with Gasteiger partial charge >= 0.3 is 6.01 Å². The monoisotopic (exact) mass is 747 g/mol. The van der Waals surface area contributed by atoms with E-state index in [9.17, 15) is 14.4 Å². The van der Waals surface area contributed by atoms with Gasteiger partial charge in [-0.1, -0.05) is 17.7 Å². The van der Waals surface area contributed by atoms with Crippen LogP contribution in [0.3, 0.4) is 0 Å². The fraction of sp³-hybridized carbons (Fsp3) is 0.417. The fourth-order valence-corrected chi connectivity index (χ4v) is 9.46. The number of fused-ring (bicyclic) bond motifs is 2. The van der Waals surface area contributed by atoms with Crippen LogP contribution >= 0.6 is 22.9 Å². The number of amides is 1. The van der Waals surface area contributed by atoms with Crippen molar-refractivity contribution in [1.82, 2.24) is 29.7 Å². The van der Waals surface area contributed by atoms with E-state index in [1.54, 1.807) is 37.2 Å². The molecule has 1 spiro atoms. The molecule has 3 aromatic heterocycles. The smallest absolute Gasteiger partial charge is 0.319 e. The molecule has 3 fully saturated rings. The van der Waals surface area contributed by atoms with Gasteiger partial charge in [0.25, 0.3) is 5.91 Å². The number of nitrogens with two attached hydrogens (primary N) is 1. The molecule has 3 atom stereocenters. The van der Waals surface area contributed by atoms with Gasteiger partial charge in [0.1, 0.15) is 40.0 Å². The van der Waals surface area contributed by atoms with Crippen molar-refractivity contribution in [2.24, 2.45) is 7.05 Å². The van der Waals surface area contributed by atoms with Crippen molar-refractivity contribution >= 4 is 60.7 Å². The van der Waals surface area contributed by atoms with Gasteiger partial charge in [-0.05, 0) is 62.8 Å². The number of hydrogen-bond donors (Lipinski definition) is 1. The van der Waals surface area contributed by atoms with Crippen LogP contribution in [0.15, 0.2) is 30.5 Å². The molecule has 2 aromatic carbocycles. The molecular formula is C36H36ClF2N9O3S. The summed E-state index contributed by atoms with van der Waals surface area (Å²) in [5.74, 6) is -1.01. The number of rotatable bonds is 7. The first-order chi connectivity index (χ1) is 25.0. The van der Waals surface area contributed by atoms with Crippen LogP contribution in [0.2, 0.25) is 5.02 Å². The summed E-state index contributed by atoms with van der Waals surface area (Å²) in [4.78, 5) is 32.8. The number of benzene rings is 2. The number of hydroxylamine groups is 2. The van der Waals surface area contributed by atoms with E-state index in [2.05, 4.69) is 15.0 Å². The van der Waals surface area contributed by atoms with Crippen molar-refractivity contribution in [3.8, 4) is 23.2 Å². The Morgan fingerprint density at radius 2 is 2.02 bits per heavy atom. The molecule has 3 saturated heterocycles. The highest BCUT2D eigenvalue weighted by Gasteiger charge is 2.50. The Morgan fingerprint density at radius 3 is 2.73 bits per heavy atom. The Kier molecular flexibility index (Phi) is 8.68. The minimum Gasteiger partial charge on any atom is -0.459 e. The lowest BCUT2D eigenvalue weighted by molar-refractivity contribution is -0.158. The number of carbonyl (C=O) groups excluding carboxylic acids is 1. The number of thiophene rings is 1. The van der Waals surface area contributed by atoms with Crippen LogP contribution in [-0.4, -0.2) is 86.6 Å². The predicted octanol–water partition coefficient (Wildman–Crippen LogP) is 6.31. The molecule has 5 aromatic rings. The Hall–Kier alpha value is -4.62. The summed E-state index contributed by atoms with van der Waals surface area (Å²) in [7, 11) is 3.37. The van der Waals surface area contributed by atoms with E-state index in [4.69, 9.17) is 31.9 Å². The zero-order valence-corrected chi connectivity index (χ0v) is 30.4. The Morgan fingerprint density at radius 1 is 1.19 bits per heavy atom. The highest BCUT2D eigenvalue weighted by atomic mass is 35.5. The molecule has 1 amide bonds. The first-order valence-electron chi connectivity index (χ1n) is 17.2. The maximum Gasteiger partial charge on any atom is 0.319 e. The van der Waals surface area contributed by atoms with Gasteiger partial charge in [0.05, 0.1) is 34.0 Å². The molecule has 0 radical (unpaired) electrons. The Bertz CT molecular complexity index is 2290. The van der Waals surface area contributed by atoms with Crippen LogP contribution in [-0.2, 0) is 11.9 Å². The van der Waals surface area contributed by atoms with Gasteiger partial charge < -0.3 is 25.1 Å². The van der Waals surface area contributed by atoms with E-state index in [-0.39, 0.29) is 60.3 Å². The number of nitriles is 1. The van der Waals surface area contributed by atoms with Gasteiger partial charge in [0.15, 0.2) is 5.82 Å². The lowest BCUT2D eigenvalue weighted by Gasteiger charge is -2.57. The molecule has 0 aliphatic carbocycles. The zero-order valence-electron chi connectivity index (χ0n) is 28.8. The zero-order chi connectivity index (χ0) is 36.5. The van der Waals surface area contributed by atoms with Crippen LogP contribution in [0, 0.1) is 23.0 Å². The summed E-state index contributed by atoms with van der Waals surface area (Å²) in [6, 6.07) is 7.89. The molecule has 1 unspecified atom stereocenters. The van der Waals surface area contributed by atoms with E-state index < -0.39 is 23.3 Å². The first kappa shape index (κ1) is 34.5. The van der Waals surface area contributed by atoms with Gasteiger partial charge in [-0.3, -0.25) is 9.48 Å². The van der Waals surface area contributed by atoms with Crippen molar-refractivity contribution in [3.05, 3.63) is 58.4 Å². The second-order valence-corrected chi connectivity index (χ2v) is 15.1. The van der Waals surface area contributed by atoms with Crippen molar-refractivity contribution < 1.29 is 23.1 Å². The average Bonchev–Trinajstić information content (AvgIpc) is 3.87. The molecule has 6 heterocycles. The summed E-state index contributed by atoms with van der Waals surface area (Å²) in [6.07, 6.45) is 5.34. The molecule has 3 aliphatic heterocycles. The summed E-state index contributed by atoms with van der Waals surface area (Å²) in [6.45, 7) is 4.32. The third-order valence-corrected chi connectivity index (χ3v) is 12.2. The molecular weight excluding hydrogens is 712 g/mol. The number of hydrogen-bond acceptors (Lipinski definition) is 11. The number of halogens is 3. The first-order valence-corrected chi connectivity index (χ1v) is 18.4. The minimum atomic E-state index is -0.770. The number of aryl methyl sites for hydroxylation is 1. The van der Waals surface area contributed by atoms with Crippen LogP contribution in [0.4, 0.5) is 19.6 Å². The second-order valence-electron chi connectivity index (χ2n) is 13.7. The fourth-order valence-electron chi connectivity index (χ4n) is 8.21. The number of likely N-dealkylation sites (tertiary alicyclic amines) is 1. The number of aromatic nitrogens is 4. The van der Waals surface area contributed by atoms with Crippen molar-refractivity contribution in [2.45, 2.75) is 56.7 Å². The molecule has 2 N–H and O–H groups in total. The molecule has 52 heavy (non-hydrogen) atoms. The maximum atomic E-state index is 17.2. The van der Waals surface area contributed by atoms with Crippen LogP contribution in [0.5, 0.6) is 6.01 Å². The SMILES string of the molecule is CON1CCC[C@H]1[C@H](C)Oc1nc(N2CCCC3(CCN3C(=O)c3ccnn3C)C2)c2cc(Cl)c(-c3ccc(F)c4sc(N)c(C#N)c34)c(F)c2n1. The highest BCUT2D eigenvalue weighted by molar-refractivity contribution is 7.23. The maximum absolute atomic E-state index is 17.2. The molecule has 16 heteroatoms. The van der Waals surface area contributed by atoms with Gasteiger partial charge in [-0.2, -0.15) is 25.4 Å². The number of carbonyl (C=O) groups is 1. The summed E-state index contributed by atoms with van der Waals surface area (Å²) >= 11 is 7.86. The number of nitrogen functional groups attached to an aromatic ring is 1. The van der Waals surface area contributed by atoms with E-state index >= 15 is 4.39 Å². The highest BCUT2D eigenvalue weighted by Crippen LogP contribution is 2.47. The van der Waals surface area contributed by atoms with E-state index in [0.717, 1.165) is 50.0 Å². The van der Waals surface area contributed by atoms with E-state index in [1.165, 1.54) is 12.1 Å². The molecule has 0 bridgehead atoms. The Balaban J connectivity index is 1.26. The standard InChI is InChI=1S/C36H36ClF2N9O3S/c1-19(25-6-4-14-48(25)50-3)51-35-43-30-21(16-23(37)28(29(30)39)20-7-8-24(38)31-27(20)22(17-40)32(41)52-31)33(44-35)46-13-5-10-36(18-46)11-15-47(36)34(49)26-9-12-42-45(26)2/h7-9,12,16,19,25H,4-6,10-11,13-15,18,41H2,1-3H3/t19-,25-,36?/m0/s1. The van der Waals surface area contributed by atoms with Crippen molar-refractivity contribution in [3.63, 3.8) is 0 Å². The minimum absolute atomic E-state index is 0.0251. The van der Waals surface area contributed by atoms with Gasteiger partial charge in [-0.15, -0.1) is 11.3 Å². The number of piperidine rings is 1. The third-order valence-electron chi connectivity index (χ3n) is 10.9. The molecule has 3 aliphatic rings. The van der Waals surface area contributed by atoms with Gasteiger partial charge in [0, 0.05) is 55.8 Å². The average molecular weight is 748 g/mol. The largest absolute Gasteiger partial charge is 0.459 e. The van der Waals surface area contributed by atoms with Gasteiger partial charge in [0.2, 0.25) is 0 Å². The van der Waals surface area contributed by atoms with Crippen LogP contribution in [0.25, 0.3) is 32.1 Å². The number of ether oxygens (including phenoxy) is 1.